The largest absolute Gasteiger partial charge is 0.0871 e. The molecule has 0 fully saturated rings. The smallest absolute Gasteiger partial charge is 0.0273 e. The normalized spacial score (nSPS) is 11.8. The summed E-state index contributed by atoms with van der Waals surface area (Å²) in [5.74, 6) is 0. The highest BCUT2D eigenvalue weighted by molar-refractivity contribution is 5.47. The highest BCUT2D eigenvalue weighted by Gasteiger charge is 1.77. The van der Waals surface area contributed by atoms with Gasteiger partial charge in [-0.15, -0.1) is 0 Å². The summed E-state index contributed by atoms with van der Waals surface area (Å²) in [7, 11) is 0. The van der Waals surface area contributed by atoms with E-state index in [-0.39, 0.29) is 0 Å². The lowest BCUT2D eigenvalue weighted by molar-refractivity contribution is 1.64. The van der Waals surface area contributed by atoms with Gasteiger partial charge in [0.15, 0.2) is 0 Å². The maximum atomic E-state index is 6.87. The summed E-state index contributed by atoms with van der Waals surface area (Å²) in [6, 6.07) is 10.0. The Kier molecular flexibility index (Phi) is 1.64. The van der Waals surface area contributed by atoms with Crippen molar-refractivity contribution < 1.29 is 1.37 Å². The third-order valence-electron chi connectivity index (χ3n) is 1.11. The van der Waals surface area contributed by atoms with E-state index in [1.165, 1.54) is 0 Å². The first-order chi connectivity index (χ1) is 4.93. The van der Waals surface area contributed by atoms with Gasteiger partial charge in [-0.3, -0.25) is 0 Å². The van der Waals surface area contributed by atoms with Gasteiger partial charge in [-0.25, -0.2) is 0 Å². The van der Waals surface area contributed by atoms with Gasteiger partial charge in [0, 0.05) is 1.37 Å². The zero-order valence-corrected chi connectivity index (χ0v) is 5.25. The standard InChI is InChI=1S/C9H10/c1-2-6-9-7-4-3-5-8-9/h2-8H,1H3/b6-2+/i1D. The van der Waals surface area contributed by atoms with Gasteiger partial charge in [-0.2, -0.15) is 0 Å². The van der Waals surface area contributed by atoms with Crippen molar-refractivity contribution in [1.29, 1.82) is 0 Å². The van der Waals surface area contributed by atoms with Gasteiger partial charge in [-0.05, 0) is 12.5 Å². The molecule has 9 heavy (non-hydrogen) atoms. The van der Waals surface area contributed by atoms with Crippen LogP contribution in [0.1, 0.15) is 13.8 Å². The molecule has 0 heteroatoms. The number of benzene rings is 1. The summed E-state index contributed by atoms with van der Waals surface area (Å²) in [5.41, 5.74) is 1.16. The van der Waals surface area contributed by atoms with E-state index >= 15 is 0 Å². The molecule has 0 saturated heterocycles. The highest BCUT2D eigenvalue weighted by Crippen LogP contribution is 1.99. The molecule has 0 atom stereocenters. The monoisotopic (exact) mass is 119 g/mol. The molecule has 0 aromatic heterocycles. The van der Waals surface area contributed by atoms with Gasteiger partial charge in [0.25, 0.3) is 0 Å². The summed E-state index contributed by atoms with van der Waals surface area (Å²) >= 11 is 0. The minimum atomic E-state index is 0.356. The Labute approximate surface area is 57.2 Å². The van der Waals surface area contributed by atoms with Crippen molar-refractivity contribution in [2.24, 2.45) is 0 Å². The molecular formula is C9H10. The quantitative estimate of drug-likeness (QED) is 0.533. The van der Waals surface area contributed by atoms with E-state index in [1.54, 1.807) is 0 Å². The summed E-state index contributed by atoms with van der Waals surface area (Å²) in [4.78, 5) is 0. The zero-order valence-electron chi connectivity index (χ0n) is 6.25. The lowest BCUT2D eigenvalue weighted by Gasteiger charge is -1.86. The predicted molar refractivity (Wildman–Crippen MR) is 41.2 cm³/mol. The first kappa shape index (κ1) is 4.80. The Bertz CT molecular complexity index is 201. The molecule has 0 radical (unpaired) electrons. The van der Waals surface area contributed by atoms with Crippen LogP contribution in [0.25, 0.3) is 6.08 Å². The lowest BCUT2D eigenvalue weighted by Crippen LogP contribution is -1.65. The maximum absolute atomic E-state index is 6.87. The van der Waals surface area contributed by atoms with Crippen molar-refractivity contribution in [1.82, 2.24) is 0 Å². The van der Waals surface area contributed by atoms with Gasteiger partial charge in [0.05, 0.1) is 0 Å². The molecule has 0 aliphatic rings. The number of allylic oxidation sites excluding steroid dienone is 1. The molecule has 0 amide bonds. The Morgan fingerprint density at radius 1 is 1.33 bits per heavy atom. The minimum Gasteiger partial charge on any atom is -0.0871 e. The Hall–Kier alpha value is -1.04. The summed E-state index contributed by atoms with van der Waals surface area (Å²) < 4.78 is 6.87. The van der Waals surface area contributed by atoms with Gasteiger partial charge >= 0.3 is 0 Å². The van der Waals surface area contributed by atoms with Crippen LogP contribution in [0.5, 0.6) is 0 Å². The van der Waals surface area contributed by atoms with Gasteiger partial charge in [-0.1, -0.05) is 42.5 Å². The summed E-state index contributed by atoms with van der Waals surface area (Å²) in [6.45, 7) is 0.356. The fraction of sp³-hybridized carbons (Fsp3) is 0.111. The molecule has 0 heterocycles. The van der Waals surface area contributed by atoms with Crippen LogP contribution in [0.15, 0.2) is 36.4 Å². The van der Waals surface area contributed by atoms with E-state index < -0.39 is 0 Å². The van der Waals surface area contributed by atoms with Crippen LogP contribution in [-0.2, 0) is 0 Å². The first-order valence-electron chi connectivity index (χ1n) is 3.65. The average Bonchev–Trinajstić information content (AvgIpc) is 2.03. The van der Waals surface area contributed by atoms with Crippen LogP contribution in [0.2, 0.25) is 0 Å². The average molecular weight is 119 g/mol. The summed E-state index contributed by atoms with van der Waals surface area (Å²) in [6.07, 6.45) is 3.78. The van der Waals surface area contributed by atoms with E-state index in [2.05, 4.69) is 0 Å². The van der Waals surface area contributed by atoms with Crippen LogP contribution in [0.3, 0.4) is 0 Å². The van der Waals surface area contributed by atoms with Gasteiger partial charge in [0.1, 0.15) is 0 Å². The van der Waals surface area contributed by atoms with Gasteiger partial charge in [0.2, 0.25) is 0 Å². The molecule has 1 aromatic rings. The summed E-state index contributed by atoms with van der Waals surface area (Å²) in [5, 5.41) is 0. The van der Waals surface area contributed by atoms with E-state index in [9.17, 15) is 0 Å². The Balaban J connectivity index is 2.67. The SMILES string of the molecule is [2H]C/C=C/c1ccccc1. The van der Waals surface area contributed by atoms with E-state index in [1.807, 2.05) is 42.5 Å². The molecule has 0 unspecified atom stereocenters. The number of rotatable bonds is 1. The molecular weight excluding hydrogens is 108 g/mol. The molecule has 0 nitrogen and oxygen atoms in total. The third kappa shape index (κ3) is 1.73. The van der Waals surface area contributed by atoms with Gasteiger partial charge < -0.3 is 0 Å². The van der Waals surface area contributed by atoms with Crippen LogP contribution in [0, 0.1) is 0 Å². The highest BCUT2D eigenvalue weighted by atomic mass is 13.8. The van der Waals surface area contributed by atoms with Crippen LogP contribution in [0.4, 0.5) is 0 Å². The van der Waals surface area contributed by atoms with Crippen molar-refractivity contribution in [2.45, 2.75) is 6.90 Å². The first-order valence-corrected chi connectivity index (χ1v) is 2.94. The third-order valence-corrected chi connectivity index (χ3v) is 1.11. The molecule has 0 N–H and O–H groups in total. The molecule has 0 aliphatic heterocycles. The fourth-order valence-electron chi connectivity index (χ4n) is 0.700. The maximum Gasteiger partial charge on any atom is 0.0273 e. The van der Waals surface area contributed by atoms with Crippen LogP contribution >= 0.6 is 0 Å². The minimum absolute atomic E-state index is 0.356. The zero-order chi connectivity index (χ0) is 7.23. The second kappa shape index (κ2) is 3.08. The van der Waals surface area contributed by atoms with Crippen molar-refractivity contribution in [3.05, 3.63) is 42.0 Å². The number of hydrogen-bond donors (Lipinski definition) is 0. The van der Waals surface area contributed by atoms with Crippen LogP contribution < -0.4 is 0 Å². The van der Waals surface area contributed by atoms with Crippen molar-refractivity contribution >= 4 is 6.08 Å². The van der Waals surface area contributed by atoms with E-state index in [0.717, 1.165) is 5.56 Å². The second-order valence-electron chi connectivity index (χ2n) is 1.81. The topological polar surface area (TPSA) is 0 Å². The number of hydrogen-bond acceptors (Lipinski definition) is 0. The predicted octanol–water partition coefficient (Wildman–Crippen LogP) is 2.72. The molecule has 1 aromatic carbocycles. The second-order valence-corrected chi connectivity index (χ2v) is 1.81. The molecule has 0 saturated carbocycles. The molecule has 0 bridgehead atoms. The molecule has 0 aliphatic carbocycles. The van der Waals surface area contributed by atoms with Crippen molar-refractivity contribution in [2.75, 3.05) is 0 Å². The molecule has 46 valence electrons. The van der Waals surface area contributed by atoms with Crippen LogP contribution in [-0.4, -0.2) is 0 Å². The van der Waals surface area contributed by atoms with Crippen molar-refractivity contribution in [3.63, 3.8) is 0 Å². The lowest BCUT2D eigenvalue weighted by atomic mass is 10.2. The fourth-order valence-corrected chi connectivity index (χ4v) is 0.700. The van der Waals surface area contributed by atoms with Crippen molar-refractivity contribution in [3.8, 4) is 0 Å². The molecule has 0 spiro atoms. The Morgan fingerprint density at radius 2 is 2.11 bits per heavy atom. The Morgan fingerprint density at radius 3 is 2.78 bits per heavy atom. The van der Waals surface area contributed by atoms with E-state index in [0.29, 0.717) is 6.90 Å². The van der Waals surface area contributed by atoms with E-state index in [4.69, 9.17) is 1.37 Å². The molecule has 1 rings (SSSR count).